The lowest BCUT2D eigenvalue weighted by Gasteiger charge is -2.14. The first-order valence-electron chi connectivity index (χ1n) is 8.52. The highest BCUT2D eigenvalue weighted by Gasteiger charge is 2.11. The van der Waals surface area contributed by atoms with Crippen molar-refractivity contribution in [2.45, 2.75) is 6.42 Å². The van der Waals surface area contributed by atoms with E-state index in [0.29, 0.717) is 40.1 Å². The summed E-state index contributed by atoms with van der Waals surface area (Å²) in [5.74, 6) is 1.51. The number of hydrogen-bond acceptors (Lipinski definition) is 6. The molecule has 8 heteroatoms. The van der Waals surface area contributed by atoms with Crippen molar-refractivity contribution >= 4 is 29.0 Å². The van der Waals surface area contributed by atoms with Crippen LogP contribution in [0.5, 0.6) is 11.5 Å². The fraction of sp³-hybridized carbons (Fsp3) is 0.368. The maximum atomic E-state index is 12.1. The molecule has 0 atom stereocenters. The summed E-state index contributed by atoms with van der Waals surface area (Å²) in [4.78, 5) is 18.5. The molecule has 1 aromatic carbocycles. The molecule has 2 aromatic rings. The number of carbonyl (C=O) groups excluding carboxylic acids is 1. The molecule has 0 saturated carbocycles. The molecule has 1 aromatic heterocycles. The van der Waals surface area contributed by atoms with E-state index < -0.39 is 0 Å². The molecular formula is C19H25ClN4O3. The number of nitrogens with zero attached hydrogens (tertiary/aromatic N) is 2. The van der Waals surface area contributed by atoms with Gasteiger partial charge in [-0.15, -0.1) is 0 Å². The highest BCUT2D eigenvalue weighted by Crippen LogP contribution is 2.37. The van der Waals surface area contributed by atoms with E-state index in [-0.39, 0.29) is 5.91 Å². The van der Waals surface area contributed by atoms with Crippen LogP contribution in [0, 0.1) is 0 Å². The van der Waals surface area contributed by atoms with Gasteiger partial charge < -0.3 is 25.0 Å². The summed E-state index contributed by atoms with van der Waals surface area (Å²) >= 11 is 6.11. The number of aromatic nitrogens is 1. The van der Waals surface area contributed by atoms with Gasteiger partial charge >= 0.3 is 0 Å². The molecule has 0 aliphatic rings. The Morgan fingerprint density at radius 3 is 2.52 bits per heavy atom. The summed E-state index contributed by atoms with van der Waals surface area (Å²) in [5.41, 5.74) is 1.16. The number of halogens is 1. The van der Waals surface area contributed by atoms with E-state index in [4.69, 9.17) is 21.1 Å². The summed E-state index contributed by atoms with van der Waals surface area (Å²) in [6.07, 6.45) is 2.42. The van der Waals surface area contributed by atoms with Gasteiger partial charge in [-0.2, -0.15) is 0 Å². The second kappa shape index (κ2) is 9.99. The Morgan fingerprint density at radius 2 is 1.93 bits per heavy atom. The van der Waals surface area contributed by atoms with Gasteiger partial charge in [-0.1, -0.05) is 11.6 Å². The van der Waals surface area contributed by atoms with Gasteiger partial charge in [0.1, 0.15) is 17.3 Å². The predicted octanol–water partition coefficient (Wildman–Crippen LogP) is 3.18. The number of methoxy groups -OCH3 is 2. The second-order valence-corrected chi connectivity index (χ2v) is 6.56. The number of anilines is 2. The second-order valence-electron chi connectivity index (χ2n) is 6.16. The minimum atomic E-state index is -0.140. The van der Waals surface area contributed by atoms with Crippen molar-refractivity contribution < 1.29 is 14.3 Å². The lowest BCUT2D eigenvalue weighted by molar-refractivity contribution is 0.0952. The number of amides is 1. The molecule has 0 aliphatic carbocycles. The number of nitrogens with one attached hydrogen (secondary N) is 2. The first kappa shape index (κ1) is 20.8. The summed E-state index contributed by atoms with van der Waals surface area (Å²) < 4.78 is 10.6. The van der Waals surface area contributed by atoms with Crippen molar-refractivity contribution in [3.8, 4) is 11.5 Å². The minimum absolute atomic E-state index is 0.140. The van der Waals surface area contributed by atoms with Gasteiger partial charge in [-0.3, -0.25) is 4.79 Å². The maximum Gasteiger partial charge on any atom is 0.252 e. The van der Waals surface area contributed by atoms with E-state index in [9.17, 15) is 4.79 Å². The number of rotatable bonds is 9. The molecule has 0 fully saturated rings. The number of ether oxygens (including phenoxy) is 2. The maximum absolute atomic E-state index is 12.1. The number of benzene rings is 1. The molecule has 0 bridgehead atoms. The molecule has 2 rings (SSSR count). The fourth-order valence-corrected chi connectivity index (χ4v) is 2.63. The SMILES string of the molecule is COc1cc(Nc2ccc(C(=O)NCCCN(C)C)cn2)c(OC)cc1Cl. The lowest BCUT2D eigenvalue weighted by Crippen LogP contribution is -2.27. The van der Waals surface area contributed by atoms with Gasteiger partial charge in [0, 0.05) is 24.9 Å². The minimum Gasteiger partial charge on any atom is -0.495 e. The van der Waals surface area contributed by atoms with E-state index in [1.54, 1.807) is 38.5 Å². The van der Waals surface area contributed by atoms with Crippen LogP contribution in [0.15, 0.2) is 30.5 Å². The Labute approximate surface area is 164 Å². The average Bonchev–Trinajstić information content (AvgIpc) is 2.66. The van der Waals surface area contributed by atoms with Crippen molar-refractivity contribution in [3.63, 3.8) is 0 Å². The average molecular weight is 393 g/mol. The summed E-state index contributed by atoms with van der Waals surface area (Å²) in [7, 11) is 7.10. The van der Waals surface area contributed by atoms with Gasteiger partial charge in [0.15, 0.2) is 0 Å². The van der Waals surface area contributed by atoms with Crippen molar-refractivity contribution in [1.82, 2.24) is 15.2 Å². The summed E-state index contributed by atoms with van der Waals surface area (Å²) in [5, 5.41) is 6.48. The molecule has 0 unspecified atom stereocenters. The topological polar surface area (TPSA) is 75.7 Å². The van der Waals surface area contributed by atoms with Crippen molar-refractivity contribution in [1.29, 1.82) is 0 Å². The molecule has 7 nitrogen and oxygen atoms in total. The molecule has 2 N–H and O–H groups in total. The van der Waals surface area contributed by atoms with Crippen molar-refractivity contribution in [2.24, 2.45) is 0 Å². The Kier molecular flexibility index (Phi) is 7.69. The highest BCUT2D eigenvalue weighted by atomic mass is 35.5. The van der Waals surface area contributed by atoms with Crippen LogP contribution in [-0.4, -0.2) is 57.2 Å². The van der Waals surface area contributed by atoms with Crippen molar-refractivity contribution in [3.05, 3.63) is 41.0 Å². The molecule has 27 heavy (non-hydrogen) atoms. The van der Waals surface area contributed by atoms with Crippen LogP contribution >= 0.6 is 11.6 Å². The predicted molar refractivity (Wildman–Crippen MR) is 108 cm³/mol. The molecule has 1 amide bonds. The zero-order valence-electron chi connectivity index (χ0n) is 16.0. The zero-order valence-corrected chi connectivity index (χ0v) is 16.8. The van der Waals surface area contributed by atoms with E-state index in [1.807, 2.05) is 14.1 Å². The summed E-state index contributed by atoms with van der Waals surface area (Å²) in [6.45, 7) is 1.55. The Hall–Kier alpha value is -2.51. The third-order valence-electron chi connectivity index (χ3n) is 3.83. The van der Waals surface area contributed by atoms with E-state index in [0.717, 1.165) is 13.0 Å². The smallest absolute Gasteiger partial charge is 0.252 e. The van der Waals surface area contributed by atoms with Crippen LogP contribution in [0.1, 0.15) is 16.8 Å². The van der Waals surface area contributed by atoms with Gasteiger partial charge in [-0.25, -0.2) is 4.98 Å². The monoisotopic (exact) mass is 392 g/mol. The lowest BCUT2D eigenvalue weighted by atomic mass is 10.2. The molecule has 0 saturated heterocycles. The largest absolute Gasteiger partial charge is 0.495 e. The van der Waals surface area contributed by atoms with Crippen LogP contribution in [-0.2, 0) is 0 Å². The highest BCUT2D eigenvalue weighted by molar-refractivity contribution is 6.32. The first-order valence-corrected chi connectivity index (χ1v) is 8.90. The van der Waals surface area contributed by atoms with Crippen LogP contribution < -0.4 is 20.1 Å². The third-order valence-corrected chi connectivity index (χ3v) is 4.13. The van der Waals surface area contributed by atoms with Gasteiger partial charge in [-0.05, 0) is 39.2 Å². The number of pyridine rings is 1. The normalized spacial score (nSPS) is 10.6. The molecule has 0 aliphatic heterocycles. The van der Waals surface area contributed by atoms with Gasteiger partial charge in [0.2, 0.25) is 0 Å². The van der Waals surface area contributed by atoms with Crippen LogP contribution in [0.25, 0.3) is 0 Å². The van der Waals surface area contributed by atoms with Crippen LogP contribution in [0.2, 0.25) is 5.02 Å². The zero-order chi connectivity index (χ0) is 19.8. The Morgan fingerprint density at radius 1 is 1.19 bits per heavy atom. The Bertz CT molecular complexity index is 766. The first-order chi connectivity index (χ1) is 12.9. The quantitative estimate of drug-likeness (QED) is 0.638. The standard InChI is InChI=1S/C19H25ClN4O3/c1-24(2)9-5-8-21-19(25)13-6-7-18(22-12-13)23-15-11-16(26-3)14(20)10-17(15)27-4/h6-7,10-12H,5,8-9H2,1-4H3,(H,21,25)(H,22,23). The van der Waals surface area contributed by atoms with E-state index in [1.165, 1.54) is 6.20 Å². The Balaban J connectivity index is 2.02. The van der Waals surface area contributed by atoms with Crippen molar-refractivity contribution in [2.75, 3.05) is 46.7 Å². The van der Waals surface area contributed by atoms with Crippen LogP contribution in [0.4, 0.5) is 11.5 Å². The van der Waals surface area contributed by atoms with Gasteiger partial charge in [0.25, 0.3) is 5.91 Å². The molecule has 1 heterocycles. The number of carbonyl (C=O) groups is 1. The van der Waals surface area contributed by atoms with E-state index >= 15 is 0 Å². The molecule has 146 valence electrons. The third kappa shape index (κ3) is 6.01. The van der Waals surface area contributed by atoms with Gasteiger partial charge in [0.05, 0.1) is 30.5 Å². The molecule has 0 radical (unpaired) electrons. The molecular weight excluding hydrogens is 368 g/mol. The number of hydrogen-bond donors (Lipinski definition) is 2. The fourth-order valence-electron chi connectivity index (χ4n) is 2.40. The molecule has 0 spiro atoms. The summed E-state index contributed by atoms with van der Waals surface area (Å²) in [6, 6.07) is 6.85. The van der Waals surface area contributed by atoms with E-state index in [2.05, 4.69) is 20.5 Å². The van der Waals surface area contributed by atoms with Crippen LogP contribution in [0.3, 0.4) is 0 Å².